The Bertz CT molecular complexity index is 1310. The van der Waals surface area contributed by atoms with E-state index in [1.165, 1.54) is 0 Å². The van der Waals surface area contributed by atoms with Crippen molar-refractivity contribution < 1.29 is 13.2 Å². The first-order valence-corrected chi connectivity index (χ1v) is 13.3. The quantitative estimate of drug-likeness (QED) is 0.383. The van der Waals surface area contributed by atoms with Gasteiger partial charge in [0.15, 0.2) is 0 Å². The number of benzene rings is 2. The Hall–Kier alpha value is -3.53. The Morgan fingerprint density at radius 3 is 2.71 bits per heavy atom. The normalized spacial score (nSPS) is 14.1. The number of nitrogens with one attached hydrogen (secondary N) is 4. The minimum atomic E-state index is -3.43. The van der Waals surface area contributed by atoms with E-state index in [1.807, 2.05) is 55.5 Å². The van der Waals surface area contributed by atoms with Crippen LogP contribution < -0.4 is 20.3 Å². The van der Waals surface area contributed by atoms with Gasteiger partial charge in [-0.2, -0.15) is 5.10 Å². The Kier molecular flexibility index (Phi) is 7.06. The van der Waals surface area contributed by atoms with Gasteiger partial charge in [0.2, 0.25) is 10.0 Å². The van der Waals surface area contributed by atoms with Crippen molar-refractivity contribution in [3.63, 3.8) is 0 Å². The molecule has 1 saturated heterocycles. The van der Waals surface area contributed by atoms with Crippen LogP contribution in [-0.2, 0) is 10.0 Å². The Balaban J connectivity index is 1.61. The summed E-state index contributed by atoms with van der Waals surface area (Å²) in [6.07, 6.45) is 7.97. The largest absolute Gasteiger partial charge is 0.370 e. The molecule has 9 nitrogen and oxygen atoms in total. The number of nitrogens with zero attached hydrogens (tertiary/aromatic N) is 2. The zero-order valence-corrected chi connectivity index (χ0v) is 20.2. The minimum absolute atomic E-state index is 0.235. The topological polar surface area (TPSA) is 119 Å². The number of aromatic amines is 1. The summed E-state index contributed by atoms with van der Waals surface area (Å²) < 4.78 is 26.7. The average molecular weight is 483 g/mol. The third kappa shape index (κ3) is 5.88. The number of carbonyl (C=O) groups is 1. The molecular formula is C24H30N6O3S. The zero-order valence-electron chi connectivity index (χ0n) is 19.4. The van der Waals surface area contributed by atoms with E-state index >= 15 is 0 Å². The second-order valence-electron chi connectivity index (χ2n) is 8.43. The van der Waals surface area contributed by atoms with Crippen LogP contribution in [0, 0.1) is 0 Å². The van der Waals surface area contributed by atoms with Gasteiger partial charge >= 0.3 is 6.03 Å². The molecule has 2 heterocycles. The van der Waals surface area contributed by atoms with Crippen molar-refractivity contribution in [1.29, 1.82) is 0 Å². The van der Waals surface area contributed by atoms with E-state index in [0.717, 1.165) is 60.8 Å². The first-order chi connectivity index (χ1) is 16.3. The summed E-state index contributed by atoms with van der Waals surface area (Å²) in [6.45, 7) is 4.41. The molecule has 3 aromatic rings. The van der Waals surface area contributed by atoms with Crippen molar-refractivity contribution in [2.24, 2.45) is 0 Å². The average Bonchev–Trinajstić information content (AvgIpc) is 3.45. The molecule has 0 atom stereocenters. The van der Waals surface area contributed by atoms with E-state index in [-0.39, 0.29) is 6.03 Å². The van der Waals surface area contributed by atoms with Crippen molar-refractivity contribution in [2.45, 2.75) is 26.2 Å². The fourth-order valence-electron chi connectivity index (χ4n) is 4.01. The highest BCUT2D eigenvalue weighted by Gasteiger charge is 2.20. The van der Waals surface area contributed by atoms with Gasteiger partial charge in [0.25, 0.3) is 0 Å². The molecule has 0 radical (unpaired) electrons. The molecule has 2 amide bonds. The molecule has 0 saturated carbocycles. The second kappa shape index (κ2) is 10.2. The lowest BCUT2D eigenvalue weighted by Gasteiger charge is -2.21. The Labute approximate surface area is 199 Å². The van der Waals surface area contributed by atoms with Crippen LogP contribution in [-0.4, -0.2) is 50.5 Å². The molecule has 0 bridgehead atoms. The lowest BCUT2D eigenvalue weighted by Crippen LogP contribution is -2.29. The van der Waals surface area contributed by atoms with Crippen LogP contribution in [0.3, 0.4) is 0 Å². The molecule has 1 aliphatic rings. The highest BCUT2D eigenvalue weighted by molar-refractivity contribution is 7.92. The molecule has 34 heavy (non-hydrogen) atoms. The maximum atomic E-state index is 12.0. The molecule has 2 aromatic carbocycles. The molecule has 1 fully saturated rings. The standard InChI is InChI=1S/C24H30N6O3S/c1-3-11-25-24(31)26-18-8-6-7-17(14-18)9-10-20-19-15-22(29-34(2,32)33)23(16-21(19)28-27-20)30-12-4-5-13-30/h6-10,14-16,29H,3-5,11-13H2,1-2H3,(H,27,28)(H2,25,26,31)/b10-9+. The molecule has 180 valence electrons. The van der Waals surface area contributed by atoms with Crippen molar-refractivity contribution >= 4 is 56.2 Å². The third-order valence-corrected chi connectivity index (χ3v) is 6.16. The van der Waals surface area contributed by atoms with Crippen LogP contribution in [0.15, 0.2) is 36.4 Å². The predicted octanol–water partition coefficient (Wildman–Crippen LogP) is 4.24. The fourth-order valence-corrected chi connectivity index (χ4v) is 4.57. The number of H-pyrrole nitrogens is 1. The number of carbonyl (C=O) groups excluding carboxylic acids is 1. The van der Waals surface area contributed by atoms with E-state index in [1.54, 1.807) is 0 Å². The monoisotopic (exact) mass is 482 g/mol. The van der Waals surface area contributed by atoms with Gasteiger partial charge in [0, 0.05) is 30.7 Å². The number of aromatic nitrogens is 2. The molecule has 0 spiro atoms. The number of sulfonamides is 1. The number of urea groups is 1. The van der Waals surface area contributed by atoms with Gasteiger partial charge in [-0.3, -0.25) is 9.82 Å². The highest BCUT2D eigenvalue weighted by atomic mass is 32.2. The van der Waals surface area contributed by atoms with Gasteiger partial charge in [-0.15, -0.1) is 0 Å². The molecular weight excluding hydrogens is 452 g/mol. The summed E-state index contributed by atoms with van der Waals surface area (Å²) in [5.74, 6) is 0. The van der Waals surface area contributed by atoms with Gasteiger partial charge in [-0.1, -0.05) is 25.1 Å². The van der Waals surface area contributed by atoms with E-state index in [2.05, 4.69) is 30.5 Å². The van der Waals surface area contributed by atoms with Crippen LogP contribution >= 0.6 is 0 Å². The first-order valence-electron chi connectivity index (χ1n) is 11.4. The highest BCUT2D eigenvalue weighted by Crippen LogP contribution is 2.35. The molecule has 1 aliphatic heterocycles. The maximum Gasteiger partial charge on any atom is 0.319 e. The molecule has 0 aliphatic carbocycles. The predicted molar refractivity (Wildman–Crippen MR) is 139 cm³/mol. The summed E-state index contributed by atoms with van der Waals surface area (Å²) in [7, 11) is -3.43. The van der Waals surface area contributed by atoms with Gasteiger partial charge in [0.1, 0.15) is 0 Å². The number of fused-ring (bicyclic) bond motifs is 1. The summed E-state index contributed by atoms with van der Waals surface area (Å²) in [4.78, 5) is 14.1. The second-order valence-corrected chi connectivity index (χ2v) is 10.2. The molecule has 1 aromatic heterocycles. The lowest BCUT2D eigenvalue weighted by atomic mass is 10.1. The Morgan fingerprint density at radius 1 is 1.18 bits per heavy atom. The third-order valence-electron chi connectivity index (χ3n) is 5.56. The van der Waals surface area contributed by atoms with E-state index in [0.29, 0.717) is 23.6 Å². The SMILES string of the molecule is CCCNC(=O)Nc1cccc(/C=C/c2n[nH]c3cc(N4CCCC4)c(NS(C)(=O)=O)cc23)c1. The van der Waals surface area contributed by atoms with Crippen LogP contribution in [0.5, 0.6) is 0 Å². The number of anilines is 3. The summed E-state index contributed by atoms with van der Waals surface area (Å²) in [6, 6.07) is 11.1. The molecule has 4 N–H and O–H groups in total. The van der Waals surface area contributed by atoms with E-state index in [4.69, 9.17) is 0 Å². The van der Waals surface area contributed by atoms with Gasteiger partial charge < -0.3 is 15.5 Å². The van der Waals surface area contributed by atoms with Crippen molar-refractivity contribution in [2.75, 3.05) is 40.8 Å². The van der Waals surface area contributed by atoms with Crippen molar-refractivity contribution in [3.8, 4) is 0 Å². The molecule has 0 unspecified atom stereocenters. The number of hydrogen-bond donors (Lipinski definition) is 4. The van der Waals surface area contributed by atoms with Gasteiger partial charge in [-0.25, -0.2) is 13.2 Å². The van der Waals surface area contributed by atoms with Gasteiger partial charge in [-0.05, 0) is 55.2 Å². The van der Waals surface area contributed by atoms with Gasteiger partial charge in [0.05, 0.1) is 28.8 Å². The van der Waals surface area contributed by atoms with Crippen molar-refractivity contribution in [1.82, 2.24) is 15.5 Å². The smallest absolute Gasteiger partial charge is 0.319 e. The summed E-state index contributed by atoms with van der Waals surface area (Å²) in [5, 5.41) is 13.9. The zero-order chi connectivity index (χ0) is 24.1. The minimum Gasteiger partial charge on any atom is -0.370 e. The van der Waals surface area contributed by atoms with Crippen LogP contribution in [0.25, 0.3) is 23.1 Å². The lowest BCUT2D eigenvalue weighted by molar-refractivity contribution is 0.252. The number of rotatable bonds is 8. The molecule has 10 heteroatoms. The van der Waals surface area contributed by atoms with Crippen LogP contribution in [0.1, 0.15) is 37.4 Å². The fraction of sp³-hybridized carbons (Fsp3) is 0.333. The maximum absolute atomic E-state index is 12.0. The first kappa shape index (κ1) is 23.6. The van der Waals surface area contributed by atoms with Crippen molar-refractivity contribution in [3.05, 3.63) is 47.7 Å². The number of hydrogen-bond acceptors (Lipinski definition) is 5. The van der Waals surface area contributed by atoms with Crippen LogP contribution in [0.4, 0.5) is 21.9 Å². The summed E-state index contributed by atoms with van der Waals surface area (Å²) >= 11 is 0. The van der Waals surface area contributed by atoms with E-state index < -0.39 is 10.0 Å². The summed E-state index contributed by atoms with van der Waals surface area (Å²) in [5.41, 5.74) is 4.53. The number of amides is 2. The van der Waals surface area contributed by atoms with Crippen LogP contribution in [0.2, 0.25) is 0 Å². The molecule has 4 rings (SSSR count). The Morgan fingerprint density at radius 2 is 1.97 bits per heavy atom. The van der Waals surface area contributed by atoms with E-state index in [9.17, 15) is 13.2 Å².